The molecule has 2 aromatic rings. The number of halogens is 1. The number of hydrogen-bond donors (Lipinski definition) is 1. The first-order valence-corrected chi connectivity index (χ1v) is 10.1. The van der Waals surface area contributed by atoms with Crippen LogP contribution in [0.4, 0.5) is 5.13 Å². The zero-order valence-corrected chi connectivity index (χ0v) is 15.3. The number of benzene rings is 1. The van der Waals surface area contributed by atoms with E-state index in [-0.39, 0.29) is 11.3 Å². The summed E-state index contributed by atoms with van der Waals surface area (Å²) in [7, 11) is 0. The molecule has 4 aliphatic carbocycles. The Morgan fingerprint density at radius 3 is 2.43 bits per heavy atom. The Hall–Kier alpha value is -0.940. The number of nitrogens with one attached hydrogen (secondary N) is 1. The molecule has 120 valence electrons. The average molecular weight is 391 g/mol. The van der Waals surface area contributed by atoms with Gasteiger partial charge >= 0.3 is 0 Å². The molecule has 4 aliphatic rings. The Bertz CT molecular complexity index is 764. The van der Waals surface area contributed by atoms with Crippen molar-refractivity contribution in [1.29, 1.82) is 0 Å². The molecule has 0 aliphatic heterocycles. The second-order valence-electron chi connectivity index (χ2n) is 7.76. The Morgan fingerprint density at radius 2 is 1.83 bits per heavy atom. The second-order valence-corrected chi connectivity index (χ2v) is 9.64. The normalized spacial score (nSPS) is 34.9. The predicted octanol–water partition coefficient (Wildman–Crippen LogP) is 5.21. The number of hydrogen-bond acceptors (Lipinski definition) is 3. The number of anilines is 1. The van der Waals surface area contributed by atoms with E-state index in [0.717, 1.165) is 56.8 Å². The third-order valence-corrected chi connectivity index (χ3v) is 7.69. The molecule has 1 aromatic carbocycles. The van der Waals surface area contributed by atoms with Gasteiger partial charge in [-0.05, 0) is 84.3 Å². The van der Waals surface area contributed by atoms with Crippen molar-refractivity contribution in [3.63, 3.8) is 0 Å². The first-order chi connectivity index (χ1) is 11.1. The summed E-state index contributed by atoms with van der Waals surface area (Å²) in [5.41, 5.74) is 0.836. The maximum absolute atomic E-state index is 13.1. The fourth-order valence-electron chi connectivity index (χ4n) is 5.59. The minimum atomic E-state index is -0.107. The number of carbonyl (C=O) groups excluding carboxylic acids is 1. The molecule has 0 spiro atoms. The molecular weight excluding hydrogens is 372 g/mol. The lowest BCUT2D eigenvalue weighted by molar-refractivity contribution is -0.140. The van der Waals surface area contributed by atoms with Crippen LogP contribution in [0.25, 0.3) is 10.2 Å². The molecule has 0 saturated heterocycles. The quantitative estimate of drug-likeness (QED) is 0.763. The zero-order valence-electron chi connectivity index (χ0n) is 12.8. The van der Waals surface area contributed by atoms with Crippen LogP contribution in [0, 0.1) is 23.2 Å². The maximum Gasteiger partial charge on any atom is 0.232 e. The Balaban J connectivity index is 1.43. The van der Waals surface area contributed by atoms with E-state index in [9.17, 15) is 4.79 Å². The van der Waals surface area contributed by atoms with Crippen LogP contribution in [0.2, 0.25) is 0 Å². The highest BCUT2D eigenvalue weighted by Gasteiger charge is 2.54. The van der Waals surface area contributed by atoms with E-state index < -0.39 is 0 Å². The highest BCUT2D eigenvalue weighted by molar-refractivity contribution is 9.10. The molecule has 4 fully saturated rings. The Kier molecular flexibility index (Phi) is 3.15. The number of para-hydroxylation sites is 1. The summed E-state index contributed by atoms with van der Waals surface area (Å²) in [4.78, 5) is 17.7. The SMILES string of the molecule is O=C(Nc1nc2c(Br)cccc2s1)C12CC3CC(CC(C3)C1)C2. The van der Waals surface area contributed by atoms with Crippen molar-refractivity contribution in [2.45, 2.75) is 38.5 Å². The van der Waals surface area contributed by atoms with Gasteiger partial charge in [0.1, 0.15) is 0 Å². The number of fused-ring (bicyclic) bond motifs is 1. The van der Waals surface area contributed by atoms with Gasteiger partial charge in [0.15, 0.2) is 5.13 Å². The largest absolute Gasteiger partial charge is 0.301 e. The summed E-state index contributed by atoms with van der Waals surface area (Å²) < 4.78 is 2.10. The molecule has 0 atom stereocenters. The van der Waals surface area contributed by atoms with Crippen molar-refractivity contribution in [2.75, 3.05) is 5.32 Å². The molecular formula is C18H19BrN2OS. The molecule has 1 heterocycles. The van der Waals surface area contributed by atoms with Crippen LogP contribution in [0.1, 0.15) is 38.5 Å². The monoisotopic (exact) mass is 390 g/mol. The maximum atomic E-state index is 13.1. The van der Waals surface area contributed by atoms with Crippen LogP contribution in [0.5, 0.6) is 0 Å². The highest BCUT2D eigenvalue weighted by Crippen LogP contribution is 2.60. The van der Waals surface area contributed by atoms with Crippen molar-refractivity contribution in [1.82, 2.24) is 4.98 Å². The van der Waals surface area contributed by atoms with Gasteiger partial charge in [0.2, 0.25) is 5.91 Å². The summed E-state index contributed by atoms with van der Waals surface area (Å²) >= 11 is 5.11. The third-order valence-electron chi connectivity index (χ3n) is 6.11. The molecule has 0 radical (unpaired) electrons. The molecule has 3 nitrogen and oxygen atoms in total. The second kappa shape index (κ2) is 5.03. The van der Waals surface area contributed by atoms with Crippen LogP contribution < -0.4 is 5.32 Å². The van der Waals surface area contributed by atoms with E-state index in [1.807, 2.05) is 12.1 Å². The standard InChI is InChI=1S/C18H19BrN2OS/c19-13-2-1-3-14-15(13)20-17(23-14)21-16(22)18-7-10-4-11(8-18)6-12(5-10)9-18/h1-3,10-12H,4-9H2,(H,20,21,22). The topological polar surface area (TPSA) is 42.0 Å². The predicted molar refractivity (Wildman–Crippen MR) is 96.6 cm³/mol. The van der Waals surface area contributed by atoms with Crippen molar-refractivity contribution >= 4 is 48.5 Å². The Morgan fingerprint density at radius 1 is 1.17 bits per heavy atom. The van der Waals surface area contributed by atoms with Crippen LogP contribution in [0.15, 0.2) is 22.7 Å². The third kappa shape index (κ3) is 2.27. The van der Waals surface area contributed by atoms with Crippen LogP contribution >= 0.6 is 27.3 Å². The molecule has 4 bridgehead atoms. The van der Waals surface area contributed by atoms with Crippen molar-refractivity contribution in [3.8, 4) is 0 Å². The number of rotatable bonds is 2. The summed E-state index contributed by atoms with van der Waals surface area (Å²) in [5, 5.41) is 3.91. The number of carbonyl (C=O) groups is 1. The van der Waals surface area contributed by atoms with Gasteiger partial charge in [-0.2, -0.15) is 0 Å². The lowest BCUT2D eigenvalue weighted by Gasteiger charge is -2.55. The molecule has 1 aromatic heterocycles. The van der Waals surface area contributed by atoms with Crippen LogP contribution in [-0.2, 0) is 4.79 Å². The van der Waals surface area contributed by atoms with Gasteiger partial charge in [-0.25, -0.2) is 4.98 Å². The molecule has 5 heteroatoms. The van der Waals surface area contributed by atoms with Crippen LogP contribution in [-0.4, -0.2) is 10.9 Å². The molecule has 1 amide bonds. The average Bonchev–Trinajstić information content (AvgIpc) is 2.90. The molecule has 6 rings (SSSR count). The fourth-order valence-corrected chi connectivity index (χ4v) is 7.06. The molecule has 0 unspecified atom stereocenters. The number of amides is 1. The molecule has 4 saturated carbocycles. The van der Waals surface area contributed by atoms with Gasteiger partial charge in [0.25, 0.3) is 0 Å². The van der Waals surface area contributed by atoms with Gasteiger partial charge in [0, 0.05) is 4.47 Å². The smallest absolute Gasteiger partial charge is 0.232 e. The molecule has 1 N–H and O–H groups in total. The van der Waals surface area contributed by atoms with Gasteiger partial charge in [-0.3, -0.25) is 4.79 Å². The lowest BCUT2D eigenvalue weighted by atomic mass is 9.49. The van der Waals surface area contributed by atoms with Crippen molar-refractivity contribution in [3.05, 3.63) is 22.7 Å². The van der Waals surface area contributed by atoms with E-state index in [1.54, 1.807) is 11.3 Å². The Labute approximate surface area is 148 Å². The summed E-state index contributed by atoms with van der Waals surface area (Å²) in [5.74, 6) is 2.59. The van der Waals surface area contributed by atoms with Crippen LogP contribution in [0.3, 0.4) is 0 Å². The van der Waals surface area contributed by atoms with Gasteiger partial charge in [-0.15, -0.1) is 0 Å². The minimum Gasteiger partial charge on any atom is -0.301 e. The highest BCUT2D eigenvalue weighted by atomic mass is 79.9. The number of aromatic nitrogens is 1. The van der Waals surface area contributed by atoms with E-state index >= 15 is 0 Å². The summed E-state index contributed by atoms with van der Waals surface area (Å²) in [6, 6.07) is 6.06. The summed E-state index contributed by atoms with van der Waals surface area (Å²) in [6.07, 6.45) is 7.38. The minimum absolute atomic E-state index is 0.107. The van der Waals surface area contributed by atoms with E-state index in [2.05, 4.69) is 32.3 Å². The van der Waals surface area contributed by atoms with Gasteiger partial charge < -0.3 is 5.32 Å². The fraction of sp³-hybridized carbons (Fsp3) is 0.556. The first-order valence-electron chi connectivity index (χ1n) is 8.48. The van der Waals surface area contributed by atoms with Gasteiger partial charge in [0.05, 0.1) is 15.6 Å². The van der Waals surface area contributed by atoms with E-state index in [4.69, 9.17) is 0 Å². The lowest BCUT2D eigenvalue weighted by Crippen LogP contribution is -2.51. The number of nitrogens with zero attached hydrogens (tertiary/aromatic N) is 1. The van der Waals surface area contributed by atoms with Gasteiger partial charge in [-0.1, -0.05) is 17.4 Å². The van der Waals surface area contributed by atoms with Crippen molar-refractivity contribution in [2.24, 2.45) is 23.2 Å². The van der Waals surface area contributed by atoms with E-state index in [0.29, 0.717) is 0 Å². The van der Waals surface area contributed by atoms with E-state index in [1.165, 1.54) is 19.3 Å². The summed E-state index contributed by atoms with van der Waals surface area (Å²) in [6.45, 7) is 0. The molecule has 23 heavy (non-hydrogen) atoms. The first kappa shape index (κ1) is 14.4. The zero-order chi connectivity index (χ0) is 15.6. The number of thiazole rings is 1. The van der Waals surface area contributed by atoms with Crippen molar-refractivity contribution < 1.29 is 4.79 Å².